The van der Waals surface area contributed by atoms with Gasteiger partial charge in [-0.3, -0.25) is 4.79 Å². The topological polar surface area (TPSA) is 77.6 Å². The summed E-state index contributed by atoms with van der Waals surface area (Å²) < 4.78 is 17.6. The number of halogens is 1. The van der Waals surface area contributed by atoms with E-state index in [0.717, 1.165) is 11.3 Å². The fourth-order valence-corrected chi connectivity index (χ4v) is 3.40. The van der Waals surface area contributed by atoms with Crippen molar-refractivity contribution in [3.63, 3.8) is 0 Å². The first-order valence-electron chi connectivity index (χ1n) is 9.03. The molecule has 7 nitrogen and oxygen atoms in total. The Kier molecular flexibility index (Phi) is 4.67. The van der Waals surface area contributed by atoms with Crippen LogP contribution in [0.1, 0.15) is 21.7 Å². The molecule has 0 aliphatic heterocycles. The molecule has 0 unspecified atom stereocenters. The maximum atomic E-state index is 14.3. The van der Waals surface area contributed by atoms with Crippen LogP contribution in [0.4, 0.5) is 10.1 Å². The molecule has 1 N–H and O–H groups in total. The van der Waals surface area contributed by atoms with Crippen LogP contribution in [-0.2, 0) is 7.05 Å². The first-order valence-corrected chi connectivity index (χ1v) is 9.03. The molecule has 2 aromatic carbocycles. The SMILES string of the molecule is Cc1cc(C(=O)Nc2cccc(-c3nnnn3C)c2)c(C)n1-c1ccccc1F. The third kappa shape index (κ3) is 3.40. The van der Waals surface area contributed by atoms with Crippen LogP contribution in [0.2, 0.25) is 0 Å². The molecule has 2 heterocycles. The molecule has 29 heavy (non-hydrogen) atoms. The van der Waals surface area contributed by atoms with E-state index in [2.05, 4.69) is 20.8 Å². The molecule has 8 heteroatoms. The van der Waals surface area contributed by atoms with E-state index in [9.17, 15) is 9.18 Å². The Morgan fingerprint density at radius 2 is 1.86 bits per heavy atom. The van der Waals surface area contributed by atoms with Crippen molar-refractivity contribution in [1.29, 1.82) is 0 Å². The second kappa shape index (κ2) is 7.31. The second-order valence-corrected chi connectivity index (χ2v) is 6.73. The molecule has 0 fully saturated rings. The molecule has 2 aromatic heterocycles. The van der Waals surface area contributed by atoms with Gasteiger partial charge in [-0.05, 0) is 54.6 Å². The van der Waals surface area contributed by atoms with Crippen molar-refractivity contribution in [1.82, 2.24) is 24.8 Å². The molecule has 146 valence electrons. The number of carbonyl (C=O) groups is 1. The van der Waals surface area contributed by atoms with Gasteiger partial charge in [-0.25, -0.2) is 9.07 Å². The summed E-state index contributed by atoms with van der Waals surface area (Å²) in [6, 6.07) is 15.5. The van der Waals surface area contributed by atoms with Crippen LogP contribution < -0.4 is 5.32 Å². The number of aromatic nitrogens is 5. The van der Waals surface area contributed by atoms with Crippen molar-refractivity contribution < 1.29 is 9.18 Å². The van der Waals surface area contributed by atoms with Crippen molar-refractivity contribution >= 4 is 11.6 Å². The van der Waals surface area contributed by atoms with E-state index in [1.165, 1.54) is 6.07 Å². The van der Waals surface area contributed by atoms with E-state index >= 15 is 0 Å². The van der Waals surface area contributed by atoms with Crippen LogP contribution in [0.15, 0.2) is 54.6 Å². The lowest BCUT2D eigenvalue weighted by Gasteiger charge is -2.11. The normalized spacial score (nSPS) is 10.9. The summed E-state index contributed by atoms with van der Waals surface area (Å²) in [5, 5.41) is 14.4. The molecule has 0 spiro atoms. The van der Waals surface area contributed by atoms with Crippen molar-refractivity contribution in [2.24, 2.45) is 7.05 Å². The lowest BCUT2D eigenvalue weighted by Crippen LogP contribution is -2.13. The number of rotatable bonds is 4. The number of nitrogens with zero attached hydrogens (tertiary/aromatic N) is 5. The Morgan fingerprint density at radius 1 is 1.07 bits per heavy atom. The Morgan fingerprint density at radius 3 is 2.59 bits per heavy atom. The van der Waals surface area contributed by atoms with Crippen LogP contribution >= 0.6 is 0 Å². The Hall–Kier alpha value is -3.81. The van der Waals surface area contributed by atoms with Crippen molar-refractivity contribution in [3.8, 4) is 17.1 Å². The molecular weight excluding hydrogens is 371 g/mol. The van der Waals surface area contributed by atoms with E-state index in [1.807, 2.05) is 19.1 Å². The van der Waals surface area contributed by atoms with Gasteiger partial charge >= 0.3 is 0 Å². The number of hydrogen-bond donors (Lipinski definition) is 1. The first kappa shape index (κ1) is 18.5. The standard InChI is InChI=1S/C21H19FN6O/c1-13-11-17(14(2)28(13)19-10-5-4-9-18(19)22)21(29)23-16-8-6-7-15(12-16)20-24-25-26-27(20)3/h4-12H,1-3H3,(H,23,29). The van der Waals surface area contributed by atoms with Gasteiger partial charge in [0.25, 0.3) is 5.91 Å². The molecule has 4 aromatic rings. The highest BCUT2D eigenvalue weighted by Crippen LogP contribution is 2.25. The summed E-state index contributed by atoms with van der Waals surface area (Å²) in [5.74, 6) is -0.0148. The van der Waals surface area contributed by atoms with Crippen molar-refractivity contribution in [2.75, 3.05) is 5.32 Å². The number of anilines is 1. The minimum Gasteiger partial charge on any atom is -0.322 e. The van der Waals surface area contributed by atoms with Gasteiger partial charge in [-0.2, -0.15) is 0 Å². The molecule has 0 saturated heterocycles. The number of hydrogen-bond acceptors (Lipinski definition) is 4. The van der Waals surface area contributed by atoms with Gasteiger partial charge in [-0.15, -0.1) is 5.10 Å². The van der Waals surface area contributed by atoms with Crippen molar-refractivity contribution in [3.05, 3.63) is 77.4 Å². The molecule has 1 amide bonds. The molecule has 0 radical (unpaired) electrons. The van der Waals surface area contributed by atoms with Gasteiger partial charge < -0.3 is 9.88 Å². The average molecular weight is 390 g/mol. The summed E-state index contributed by atoms with van der Waals surface area (Å²) >= 11 is 0. The fraction of sp³-hybridized carbons (Fsp3) is 0.143. The van der Waals surface area contributed by atoms with Gasteiger partial charge in [0, 0.05) is 29.7 Å². The van der Waals surface area contributed by atoms with Crippen molar-refractivity contribution in [2.45, 2.75) is 13.8 Å². The number of nitrogens with one attached hydrogen (secondary N) is 1. The Bertz CT molecular complexity index is 1210. The number of amides is 1. The quantitative estimate of drug-likeness (QED) is 0.577. The first-order chi connectivity index (χ1) is 14.0. The van der Waals surface area contributed by atoms with E-state index in [1.54, 1.807) is 59.6 Å². The zero-order valence-corrected chi connectivity index (χ0v) is 16.2. The predicted molar refractivity (Wildman–Crippen MR) is 107 cm³/mol. The summed E-state index contributed by atoms with van der Waals surface area (Å²) in [6.45, 7) is 3.65. The van der Waals surface area contributed by atoms with E-state index in [-0.39, 0.29) is 11.7 Å². The zero-order valence-electron chi connectivity index (χ0n) is 16.2. The fourth-order valence-electron chi connectivity index (χ4n) is 3.40. The van der Waals surface area contributed by atoms with Gasteiger partial charge in [0.1, 0.15) is 5.82 Å². The molecule has 0 atom stereocenters. The number of para-hydroxylation sites is 1. The zero-order chi connectivity index (χ0) is 20.5. The number of tetrazole rings is 1. The highest BCUT2D eigenvalue weighted by atomic mass is 19.1. The summed E-state index contributed by atoms with van der Waals surface area (Å²) in [4.78, 5) is 12.9. The molecular formula is C21H19FN6O. The maximum absolute atomic E-state index is 14.3. The summed E-state index contributed by atoms with van der Waals surface area (Å²) in [5.41, 5.74) is 3.74. The molecule has 0 aliphatic carbocycles. The third-order valence-electron chi connectivity index (χ3n) is 4.77. The maximum Gasteiger partial charge on any atom is 0.257 e. The molecule has 0 saturated carbocycles. The minimum absolute atomic E-state index is 0.270. The summed E-state index contributed by atoms with van der Waals surface area (Å²) in [6.07, 6.45) is 0. The number of benzene rings is 2. The highest BCUT2D eigenvalue weighted by molar-refractivity contribution is 6.05. The monoisotopic (exact) mass is 390 g/mol. The van der Waals surface area contributed by atoms with Crippen LogP contribution in [0.3, 0.4) is 0 Å². The highest BCUT2D eigenvalue weighted by Gasteiger charge is 2.18. The number of aryl methyl sites for hydroxylation is 2. The van der Waals surface area contributed by atoms with E-state index < -0.39 is 0 Å². The van der Waals surface area contributed by atoms with Gasteiger partial charge in [0.15, 0.2) is 5.82 Å². The average Bonchev–Trinajstić information content (AvgIpc) is 3.25. The van der Waals surface area contributed by atoms with Crippen LogP contribution in [0.5, 0.6) is 0 Å². The van der Waals surface area contributed by atoms with Gasteiger partial charge in [0.05, 0.1) is 11.3 Å². The largest absolute Gasteiger partial charge is 0.322 e. The van der Waals surface area contributed by atoms with E-state index in [4.69, 9.17) is 0 Å². The van der Waals surface area contributed by atoms with Gasteiger partial charge in [0.2, 0.25) is 0 Å². The van der Waals surface area contributed by atoms with Crippen LogP contribution in [0.25, 0.3) is 17.1 Å². The number of carbonyl (C=O) groups excluding carboxylic acids is 1. The third-order valence-corrected chi connectivity index (χ3v) is 4.77. The minimum atomic E-state index is -0.341. The predicted octanol–water partition coefficient (Wildman–Crippen LogP) is 3.68. The van der Waals surface area contributed by atoms with Crippen LogP contribution in [0, 0.1) is 19.7 Å². The molecule has 0 bridgehead atoms. The van der Waals surface area contributed by atoms with Gasteiger partial charge in [-0.1, -0.05) is 24.3 Å². The Labute approximate surface area is 166 Å². The lowest BCUT2D eigenvalue weighted by molar-refractivity contribution is 0.102. The summed E-state index contributed by atoms with van der Waals surface area (Å²) in [7, 11) is 1.75. The van der Waals surface area contributed by atoms with Crippen LogP contribution in [-0.4, -0.2) is 30.7 Å². The lowest BCUT2D eigenvalue weighted by atomic mass is 10.1. The molecule has 0 aliphatic rings. The Balaban J connectivity index is 1.64. The second-order valence-electron chi connectivity index (χ2n) is 6.73. The van der Waals surface area contributed by atoms with E-state index in [0.29, 0.717) is 28.5 Å². The molecule has 4 rings (SSSR count). The smallest absolute Gasteiger partial charge is 0.257 e.